The Bertz CT molecular complexity index is 637. The van der Waals surface area contributed by atoms with Gasteiger partial charge in [-0.05, 0) is 18.9 Å². The van der Waals surface area contributed by atoms with Crippen LogP contribution in [0.1, 0.15) is 24.6 Å². The van der Waals surface area contributed by atoms with Gasteiger partial charge in [0, 0.05) is 38.9 Å². The van der Waals surface area contributed by atoms with E-state index in [1.807, 2.05) is 35.9 Å². The Morgan fingerprint density at radius 3 is 2.65 bits per heavy atom. The van der Waals surface area contributed by atoms with Crippen molar-refractivity contribution in [2.45, 2.75) is 38.4 Å². The number of methoxy groups -OCH3 is 1. The zero-order chi connectivity index (χ0) is 17.4. The lowest BCUT2D eigenvalue weighted by molar-refractivity contribution is -0.123. The minimum absolute atomic E-state index is 0. The molecule has 3 N–H and O–H groups in total. The van der Waals surface area contributed by atoms with Crippen molar-refractivity contribution < 1.29 is 9.53 Å². The lowest BCUT2D eigenvalue weighted by atomic mass is 10.1. The highest BCUT2D eigenvalue weighted by Crippen LogP contribution is 2.05. The van der Waals surface area contributed by atoms with Gasteiger partial charge in [0.15, 0.2) is 0 Å². The van der Waals surface area contributed by atoms with Gasteiger partial charge in [0.05, 0.1) is 18.1 Å². The highest BCUT2D eigenvalue weighted by atomic mass is 35.5. The third-order valence-corrected chi connectivity index (χ3v) is 3.80. The summed E-state index contributed by atoms with van der Waals surface area (Å²) in [6, 6.07) is 9.60. The predicted molar refractivity (Wildman–Crippen MR) is 108 cm³/mol. The molecule has 1 aromatic carbocycles. The molecule has 146 valence electrons. The Labute approximate surface area is 167 Å². The van der Waals surface area contributed by atoms with Crippen LogP contribution in [0, 0.1) is 0 Å². The molecular weight excluding hydrogens is 375 g/mol. The molecule has 0 saturated heterocycles. The molecule has 0 radical (unpaired) electrons. The van der Waals surface area contributed by atoms with E-state index in [-0.39, 0.29) is 36.8 Å². The molecule has 0 aliphatic heterocycles. The second-order valence-electron chi connectivity index (χ2n) is 6.02. The molecule has 2 aromatic rings. The number of rotatable bonds is 9. The summed E-state index contributed by atoms with van der Waals surface area (Å²) in [6.45, 7) is 3.31. The third kappa shape index (κ3) is 8.19. The number of halogens is 2. The van der Waals surface area contributed by atoms with Crippen molar-refractivity contribution in [2.75, 3.05) is 13.7 Å². The van der Waals surface area contributed by atoms with E-state index in [1.54, 1.807) is 13.4 Å². The van der Waals surface area contributed by atoms with Gasteiger partial charge < -0.3 is 20.4 Å². The maximum absolute atomic E-state index is 12.1. The van der Waals surface area contributed by atoms with E-state index in [9.17, 15) is 4.79 Å². The first-order valence-electron chi connectivity index (χ1n) is 8.18. The molecule has 0 aliphatic rings. The maximum atomic E-state index is 12.1. The molecule has 2 rings (SSSR count). The molecule has 0 aliphatic carbocycles. The van der Waals surface area contributed by atoms with Crippen molar-refractivity contribution >= 4 is 30.7 Å². The topological polar surface area (TPSA) is 82.2 Å². The lowest BCUT2D eigenvalue weighted by Gasteiger charge is -2.16. The Kier molecular flexibility index (Phi) is 11.9. The fourth-order valence-corrected chi connectivity index (χ4v) is 2.43. The number of nitrogens with zero attached hydrogens (tertiary/aromatic N) is 2. The van der Waals surface area contributed by atoms with Crippen LogP contribution in [0.5, 0.6) is 0 Å². The van der Waals surface area contributed by atoms with Gasteiger partial charge in [-0.1, -0.05) is 30.3 Å². The molecule has 2 atom stereocenters. The summed E-state index contributed by atoms with van der Waals surface area (Å²) < 4.78 is 7.00. The van der Waals surface area contributed by atoms with Crippen molar-refractivity contribution in [3.05, 3.63) is 54.1 Å². The quantitative estimate of drug-likeness (QED) is 0.673. The Morgan fingerprint density at radius 2 is 2.00 bits per heavy atom. The molecule has 0 spiro atoms. The molecule has 1 heterocycles. The number of ether oxygens (including phenoxy) is 1. The number of hydrogen-bond donors (Lipinski definition) is 2. The molecule has 0 fully saturated rings. The van der Waals surface area contributed by atoms with Crippen LogP contribution in [0.25, 0.3) is 0 Å². The van der Waals surface area contributed by atoms with Gasteiger partial charge in [0.25, 0.3) is 0 Å². The van der Waals surface area contributed by atoms with E-state index in [1.165, 1.54) is 5.56 Å². The molecule has 6 nitrogen and oxygen atoms in total. The maximum Gasteiger partial charge on any atom is 0.237 e. The van der Waals surface area contributed by atoms with Crippen LogP contribution in [0.3, 0.4) is 0 Å². The van der Waals surface area contributed by atoms with Crippen LogP contribution in [0.4, 0.5) is 0 Å². The zero-order valence-electron chi connectivity index (χ0n) is 15.1. The molecule has 1 unspecified atom stereocenters. The first-order valence-corrected chi connectivity index (χ1v) is 8.18. The van der Waals surface area contributed by atoms with Gasteiger partial charge in [-0.25, -0.2) is 4.98 Å². The second-order valence-corrected chi connectivity index (χ2v) is 6.02. The smallest absolute Gasteiger partial charge is 0.237 e. The van der Waals surface area contributed by atoms with Crippen LogP contribution in [-0.2, 0) is 22.5 Å². The van der Waals surface area contributed by atoms with E-state index < -0.39 is 6.04 Å². The summed E-state index contributed by atoms with van der Waals surface area (Å²) in [5, 5.41) is 2.90. The van der Waals surface area contributed by atoms with Crippen molar-refractivity contribution in [1.29, 1.82) is 0 Å². The highest BCUT2D eigenvalue weighted by molar-refractivity contribution is 5.85. The van der Waals surface area contributed by atoms with E-state index >= 15 is 0 Å². The van der Waals surface area contributed by atoms with E-state index in [0.717, 1.165) is 18.7 Å². The van der Waals surface area contributed by atoms with E-state index in [4.69, 9.17) is 10.5 Å². The van der Waals surface area contributed by atoms with Gasteiger partial charge in [-0.15, -0.1) is 24.8 Å². The van der Waals surface area contributed by atoms with Gasteiger partial charge in [-0.2, -0.15) is 0 Å². The molecule has 1 aromatic heterocycles. The number of amides is 1. The van der Waals surface area contributed by atoms with E-state index in [2.05, 4.69) is 22.4 Å². The Morgan fingerprint density at radius 1 is 1.31 bits per heavy atom. The van der Waals surface area contributed by atoms with Gasteiger partial charge in [0.2, 0.25) is 5.91 Å². The molecule has 0 saturated carbocycles. The van der Waals surface area contributed by atoms with Crippen LogP contribution in [0.15, 0.2) is 42.9 Å². The van der Waals surface area contributed by atoms with Crippen molar-refractivity contribution in [2.24, 2.45) is 5.73 Å². The minimum atomic E-state index is -0.602. The third-order valence-electron chi connectivity index (χ3n) is 3.80. The van der Waals surface area contributed by atoms with Gasteiger partial charge in [-0.3, -0.25) is 4.79 Å². The average Bonchev–Trinajstić information content (AvgIpc) is 3.00. The first-order chi connectivity index (χ1) is 11.6. The van der Waals surface area contributed by atoms with Gasteiger partial charge >= 0.3 is 0 Å². The summed E-state index contributed by atoms with van der Waals surface area (Å²) in [7, 11) is 1.64. The van der Waals surface area contributed by atoms with Gasteiger partial charge in [0.1, 0.15) is 0 Å². The number of carbonyl (C=O) groups is 1. The molecule has 0 bridgehead atoms. The fourth-order valence-electron chi connectivity index (χ4n) is 2.43. The second kappa shape index (κ2) is 12.7. The van der Waals surface area contributed by atoms with Crippen molar-refractivity contribution in [3.8, 4) is 0 Å². The average molecular weight is 403 g/mol. The largest absolute Gasteiger partial charge is 0.385 e. The molecule has 8 heteroatoms. The monoisotopic (exact) mass is 402 g/mol. The molecule has 26 heavy (non-hydrogen) atoms. The van der Waals surface area contributed by atoms with Crippen molar-refractivity contribution in [3.63, 3.8) is 0 Å². The number of hydrogen-bond acceptors (Lipinski definition) is 4. The number of nitrogens with two attached hydrogens (primary N) is 1. The zero-order valence-corrected chi connectivity index (χ0v) is 16.8. The highest BCUT2D eigenvalue weighted by Gasteiger charge is 2.17. The normalized spacial score (nSPS) is 12.4. The number of nitrogens with one attached hydrogen (secondary N) is 1. The van der Waals surface area contributed by atoms with Crippen LogP contribution >= 0.6 is 24.8 Å². The van der Waals surface area contributed by atoms with Crippen LogP contribution in [0.2, 0.25) is 0 Å². The number of aromatic nitrogens is 2. The van der Waals surface area contributed by atoms with Crippen molar-refractivity contribution in [1.82, 2.24) is 14.9 Å². The van der Waals surface area contributed by atoms with Crippen LogP contribution < -0.4 is 11.1 Å². The standard InChI is InChI=1S/C18H26N4O2.2ClH/c1-14(8-9-24-2)21-18(23)17(19)10-16-12-22(13-20-16)11-15-6-4-3-5-7-15;;/h3-7,12-14,17H,8-11,19H2,1-2H3,(H,21,23);2*1H/t14?,17-;;/m0../s1. The number of carbonyl (C=O) groups excluding carboxylic acids is 1. The number of benzene rings is 1. The summed E-state index contributed by atoms with van der Waals surface area (Å²) in [4.78, 5) is 16.5. The minimum Gasteiger partial charge on any atom is -0.385 e. The summed E-state index contributed by atoms with van der Waals surface area (Å²) in [5.41, 5.74) is 8.02. The summed E-state index contributed by atoms with van der Waals surface area (Å²) in [5.74, 6) is -0.156. The molecular formula is C18H28Cl2N4O2. The summed E-state index contributed by atoms with van der Waals surface area (Å²) >= 11 is 0. The SMILES string of the molecule is COCCC(C)NC(=O)[C@@H](N)Cc1cn(Cc2ccccc2)cn1.Cl.Cl. The van der Waals surface area contributed by atoms with Crippen LogP contribution in [-0.4, -0.2) is 41.3 Å². The summed E-state index contributed by atoms with van der Waals surface area (Å²) in [6.07, 6.45) is 4.90. The fraction of sp³-hybridized carbons (Fsp3) is 0.444. The first kappa shape index (κ1) is 24.4. The molecule has 1 amide bonds. The predicted octanol–water partition coefficient (Wildman–Crippen LogP) is 2.19. The Balaban J connectivity index is 0.00000312. The van der Waals surface area contributed by atoms with E-state index in [0.29, 0.717) is 13.0 Å². The number of imidazole rings is 1. The Hall–Kier alpha value is -1.60. The lowest BCUT2D eigenvalue weighted by Crippen LogP contribution is -2.45.